The Morgan fingerprint density at radius 2 is 2.20 bits per heavy atom. The van der Waals surface area contributed by atoms with Crippen LogP contribution in [0.15, 0.2) is 11.3 Å². The molecule has 0 amide bonds. The summed E-state index contributed by atoms with van der Waals surface area (Å²) in [5.41, 5.74) is 0.908. The molecule has 1 aliphatic heterocycles. The van der Waals surface area contributed by atoms with E-state index in [-0.39, 0.29) is 11.7 Å². The fraction of sp³-hybridized carbons (Fsp3) is 0.750. The van der Waals surface area contributed by atoms with Crippen molar-refractivity contribution >= 4 is 5.78 Å². The standard InChI is InChI=1S/C12H16O3/c13-9-4-1-5-10-11(9)8-3-2-6-12(14,7-8)15-10/h8,14H,1-7H2/t8-,12+/m0/s1. The molecule has 0 aromatic carbocycles. The summed E-state index contributed by atoms with van der Waals surface area (Å²) in [6.45, 7) is 0. The highest BCUT2D eigenvalue weighted by Crippen LogP contribution is 2.46. The van der Waals surface area contributed by atoms with Crippen LogP contribution in [0.1, 0.15) is 44.9 Å². The van der Waals surface area contributed by atoms with E-state index in [1.165, 1.54) is 0 Å². The molecule has 0 unspecified atom stereocenters. The number of ether oxygens (including phenoxy) is 1. The van der Waals surface area contributed by atoms with Gasteiger partial charge in [-0.1, -0.05) is 0 Å². The second-order valence-corrected chi connectivity index (χ2v) is 4.96. The Bertz CT molecular complexity index is 345. The number of carbonyl (C=O) groups is 1. The number of carbonyl (C=O) groups excluding carboxylic acids is 1. The minimum atomic E-state index is -0.959. The van der Waals surface area contributed by atoms with Crippen molar-refractivity contribution in [3.63, 3.8) is 0 Å². The lowest BCUT2D eigenvalue weighted by molar-refractivity contribution is -0.216. The minimum absolute atomic E-state index is 0.255. The molecule has 0 radical (unpaired) electrons. The van der Waals surface area contributed by atoms with E-state index < -0.39 is 5.79 Å². The zero-order valence-electron chi connectivity index (χ0n) is 8.79. The SMILES string of the molecule is O=C1CCCC2=C1[C@H]1CCC[C@](O)(C1)O2. The predicted molar refractivity (Wildman–Crippen MR) is 53.9 cm³/mol. The lowest BCUT2D eigenvalue weighted by atomic mass is 9.74. The van der Waals surface area contributed by atoms with Crippen LogP contribution in [-0.4, -0.2) is 16.7 Å². The van der Waals surface area contributed by atoms with Crippen LogP contribution in [0.4, 0.5) is 0 Å². The molecule has 2 atom stereocenters. The maximum absolute atomic E-state index is 11.8. The monoisotopic (exact) mass is 208 g/mol. The third kappa shape index (κ3) is 1.41. The first-order valence-corrected chi connectivity index (χ1v) is 5.86. The van der Waals surface area contributed by atoms with E-state index in [4.69, 9.17) is 4.74 Å². The lowest BCUT2D eigenvalue weighted by Gasteiger charge is -2.44. The van der Waals surface area contributed by atoms with Crippen molar-refractivity contribution in [2.45, 2.75) is 50.7 Å². The number of hydrogen-bond donors (Lipinski definition) is 1. The van der Waals surface area contributed by atoms with Gasteiger partial charge in [0.1, 0.15) is 5.76 Å². The molecule has 3 rings (SSSR count). The third-order valence-electron chi connectivity index (χ3n) is 3.82. The average Bonchev–Trinajstić information content (AvgIpc) is 2.16. The molecular weight excluding hydrogens is 192 g/mol. The molecule has 3 aliphatic rings. The normalized spacial score (nSPS) is 39.8. The van der Waals surface area contributed by atoms with E-state index in [1.54, 1.807) is 0 Å². The van der Waals surface area contributed by atoms with Crippen LogP contribution in [0.3, 0.4) is 0 Å². The van der Waals surface area contributed by atoms with Crippen molar-refractivity contribution in [2.24, 2.45) is 5.92 Å². The molecule has 1 saturated carbocycles. The highest BCUT2D eigenvalue weighted by molar-refractivity contribution is 5.97. The first-order valence-electron chi connectivity index (χ1n) is 5.86. The first-order chi connectivity index (χ1) is 7.18. The van der Waals surface area contributed by atoms with Crippen LogP contribution in [0.25, 0.3) is 0 Å². The molecule has 82 valence electrons. The first kappa shape index (κ1) is 9.40. The number of hydrogen-bond acceptors (Lipinski definition) is 3. The second kappa shape index (κ2) is 3.08. The summed E-state index contributed by atoms with van der Waals surface area (Å²) in [7, 11) is 0. The highest BCUT2D eigenvalue weighted by atomic mass is 16.6. The van der Waals surface area contributed by atoms with Crippen molar-refractivity contribution < 1.29 is 14.6 Å². The van der Waals surface area contributed by atoms with E-state index in [0.717, 1.165) is 37.0 Å². The van der Waals surface area contributed by atoms with Gasteiger partial charge in [0.15, 0.2) is 5.78 Å². The molecule has 1 N–H and O–H groups in total. The lowest BCUT2D eigenvalue weighted by Crippen LogP contribution is -2.44. The van der Waals surface area contributed by atoms with Crippen LogP contribution in [0.2, 0.25) is 0 Å². The van der Waals surface area contributed by atoms with Crippen molar-refractivity contribution in [2.75, 3.05) is 0 Å². The van der Waals surface area contributed by atoms with Crippen LogP contribution in [0.5, 0.6) is 0 Å². The quantitative estimate of drug-likeness (QED) is 0.661. The maximum Gasteiger partial charge on any atom is 0.208 e. The van der Waals surface area contributed by atoms with Gasteiger partial charge in [0.25, 0.3) is 0 Å². The van der Waals surface area contributed by atoms with Gasteiger partial charge in [0.05, 0.1) is 0 Å². The van der Waals surface area contributed by atoms with Gasteiger partial charge in [-0.2, -0.15) is 0 Å². The van der Waals surface area contributed by atoms with Crippen LogP contribution < -0.4 is 0 Å². The van der Waals surface area contributed by atoms with Gasteiger partial charge >= 0.3 is 0 Å². The van der Waals surface area contributed by atoms with Gasteiger partial charge in [0.2, 0.25) is 5.79 Å². The Hall–Kier alpha value is -0.830. The average molecular weight is 208 g/mol. The number of allylic oxidation sites excluding steroid dienone is 2. The molecule has 1 heterocycles. The summed E-state index contributed by atoms with van der Waals surface area (Å²) >= 11 is 0. The van der Waals surface area contributed by atoms with Crippen molar-refractivity contribution in [3.8, 4) is 0 Å². The van der Waals surface area contributed by atoms with Gasteiger partial charge in [-0.3, -0.25) is 4.79 Å². The number of fused-ring (bicyclic) bond motifs is 3. The van der Waals surface area contributed by atoms with Gasteiger partial charge < -0.3 is 9.84 Å². The predicted octanol–water partition coefficient (Wildman–Crippen LogP) is 1.90. The largest absolute Gasteiger partial charge is 0.466 e. The summed E-state index contributed by atoms with van der Waals surface area (Å²) in [6.07, 6.45) is 5.71. The fourth-order valence-electron chi connectivity index (χ4n) is 3.18. The van der Waals surface area contributed by atoms with Crippen molar-refractivity contribution in [1.29, 1.82) is 0 Å². The Labute approximate surface area is 89.1 Å². The topological polar surface area (TPSA) is 46.5 Å². The Kier molecular flexibility index (Phi) is 1.93. The number of Topliss-reactive ketones (excluding diaryl/α,β-unsaturated/α-hetero) is 1. The zero-order valence-corrected chi connectivity index (χ0v) is 8.79. The summed E-state index contributed by atoms with van der Waals surface area (Å²) < 4.78 is 5.63. The number of aliphatic hydroxyl groups is 1. The molecule has 0 aromatic rings. The summed E-state index contributed by atoms with van der Waals surface area (Å²) in [5, 5.41) is 10.2. The maximum atomic E-state index is 11.8. The van der Waals surface area contributed by atoms with Crippen LogP contribution >= 0.6 is 0 Å². The minimum Gasteiger partial charge on any atom is -0.466 e. The molecule has 15 heavy (non-hydrogen) atoms. The van der Waals surface area contributed by atoms with Gasteiger partial charge in [-0.05, 0) is 25.2 Å². The van der Waals surface area contributed by atoms with Crippen molar-refractivity contribution in [3.05, 3.63) is 11.3 Å². The smallest absolute Gasteiger partial charge is 0.208 e. The molecule has 3 nitrogen and oxygen atoms in total. The third-order valence-corrected chi connectivity index (χ3v) is 3.82. The molecule has 0 spiro atoms. The van der Waals surface area contributed by atoms with Crippen LogP contribution in [0, 0.1) is 5.92 Å². The Balaban J connectivity index is 2.02. The van der Waals surface area contributed by atoms with Gasteiger partial charge in [-0.15, -0.1) is 0 Å². The van der Waals surface area contributed by atoms with Crippen LogP contribution in [-0.2, 0) is 9.53 Å². The summed E-state index contributed by atoms with van der Waals surface area (Å²) in [4.78, 5) is 11.8. The highest BCUT2D eigenvalue weighted by Gasteiger charge is 2.45. The van der Waals surface area contributed by atoms with Gasteiger partial charge in [-0.25, -0.2) is 0 Å². The van der Waals surface area contributed by atoms with E-state index in [1.807, 2.05) is 0 Å². The molecule has 3 heteroatoms. The Morgan fingerprint density at radius 3 is 3.07 bits per heavy atom. The molecular formula is C12H16O3. The summed E-state index contributed by atoms with van der Waals surface area (Å²) in [5.74, 6) is 0.356. The van der Waals surface area contributed by atoms with Crippen molar-refractivity contribution in [1.82, 2.24) is 0 Å². The number of ketones is 1. The molecule has 2 aliphatic carbocycles. The van der Waals surface area contributed by atoms with E-state index in [0.29, 0.717) is 19.3 Å². The second-order valence-electron chi connectivity index (χ2n) is 4.96. The molecule has 2 bridgehead atoms. The Morgan fingerprint density at radius 1 is 1.33 bits per heavy atom. The van der Waals surface area contributed by atoms with E-state index in [9.17, 15) is 9.90 Å². The summed E-state index contributed by atoms with van der Waals surface area (Å²) in [6, 6.07) is 0. The molecule has 0 aromatic heterocycles. The fourth-order valence-corrected chi connectivity index (χ4v) is 3.18. The van der Waals surface area contributed by atoms with E-state index >= 15 is 0 Å². The number of rotatable bonds is 0. The molecule has 1 fully saturated rings. The molecule has 0 saturated heterocycles. The zero-order chi connectivity index (χ0) is 10.5. The van der Waals surface area contributed by atoms with Gasteiger partial charge in [0, 0.05) is 31.3 Å². The van der Waals surface area contributed by atoms with E-state index in [2.05, 4.69) is 0 Å².